The lowest BCUT2D eigenvalue weighted by Crippen LogP contribution is -2.45. The van der Waals surface area contributed by atoms with Crippen molar-refractivity contribution in [1.82, 2.24) is 10.2 Å². The van der Waals surface area contributed by atoms with E-state index in [4.69, 9.17) is 0 Å². The van der Waals surface area contributed by atoms with E-state index in [1.54, 1.807) is 0 Å². The van der Waals surface area contributed by atoms with Crippen LogP contribution < -0.4 is 5.32 Å². The molecule has 1 unspecified atom stereocenters. The molecule has 10 heavy (non-hydrogen) atoms. The molecule has 2 nitrogen and oxygen atoms in total. The second-order valence-electron chi connectivity index (χ2n) is 2.38. The second-order valence-corrected chi connectivity index (χ2v) is 2.38. The van der Waals surface area contributed by atoms with Gasteiger partial charge in [-0.15, -0.1) is 0 Å². The summed E-state index contributed by atoms with van der Waals surface area (Å²) in [6.45, 7) is 0.880. The molecular weight excluding hydrogens is 145 g/mol. The largest absolute Gasteiger partial charge is 0.417 e. The molecule has 1 N–H and O–H groups in total. The van der Waals surface area contributed by atoms with Crippen LogP contribution in [0.1, 0.15) is 0 Å². The van der Waals surface area contributed by atoms with Crippen LogP contribution in [0.3, 0.4) is 0 Å². The molecule has 1 aliphatic rings. The average Bonchev–Trinajstić information content (AvgIpc) is 2.11. The smallest absolute Gasteiger partial charge is 0.293 e. The number of nitrogens with one attached hydrogen (secondary N) is 1. The van der Waals surface area contributed by atoms with Crippen molar-refractivity contribution in [2.75, 3.05) is 20.1 Å². The van der Waals surface area contributed by atoms with Gasteiger partial charge >= 0.3 is 6.18 Å². The van der Waals surface area contributed by atoms with Crippen molar-refractivity contribution in [3.63, 3.8) is 0 Å². The van der Waals surface area contributed by atoms with Crippen molar-refractivity contribution >= 4 is 0 Å². The number of nitrogens with zero attached hydrogens (tertiary/aromatic N) is 1. The van der Waals surface area contributed by atoms with E-state index in [0.717, 1.165) is 0 Å². The van der Waals surface area contributed by atoms with Gasteiger partial charge in [-0.05, 0) is 7.05 Å². The molecule has 1 aliphatic heterocycles. The Hall–Kier alpha value is -0.290. The van der Waals surface area contributed by atoms with E-state index in [9.17, 15) is 13.2 Å². The van der Waals surface area contributed by atoms with Gasteiger partial charge in [0, 0.05) is 13.1 Å². The van der Waals surface area contributed by atoms with Crippen LogP contribution in [0.25, 0.3) is 0 Å². The summed E-state index contributed by atoms with van der Waals surface area (Å²) < 4.78 is 35.7. The molecule has 0 aromatic heterocycles. The molecule has 0 radical (unpaired) electrons. The third kappa shape index (κ3) is 1.41. The maximum atomic E-state index is 11.9. The van der Waals surface area contributed by atoms with Crippen LogP contribution >= 0.6 is 0 Å². The first-order valence-electron chi connectivity index (χ1n) is 3.02. The van der Waals surface area contributed by atoms with Crippen LogP contribution in [0.2, 0.25) is 0 Å². The maximum Gasteiger partial charge on any atom is 0.417 e. The third-order valence-electron chi connectivity index (χ3n) is 1.55. The third-order valence-corrected chi connectivity index (χ3v) is 1.55. The van der Waals surface area contributed by atoms with Crippen LogP contribution in [-0.4, -0.2) is 37.4 Å². The zero-order chi connectivity index (χ0) is 7.78. The van der Waals surface area contributed by atoms with E-state index in [1.165, 1.54) is 11.9 Å². The average molecular weight is 154 g/mol. The summed E-state index contributed by atoms with van der Waals surface area (Å²) >= 11 is 0. The first-order chi connectivity index (χ1) is 4.52. The molecule has 1 rings (SSSR count). The van der Waals surface area contributed by atoms with Crippen molar-refractivity contribution in [2.45, 2.75) is 12.3 Å². The first kappa shape index (κ1) is 7.81. The zero-order valence-corrected chi connectivity index (χ0v) is 5.57. The minimum Gasteiger partial charge on any atom is -0.293 e. The molecular formula is C5H9F3N2. The summed E-state index contributed by atoms with van der Waals surface area (Å²) in [5.74, 6) is 0. The Kier molecular flexibility index (Phi) is 1.87. The standard InChI is InChI=1S/C5H9F3N2/c1-10-3-2-9-4(10)5(6,7)8/h4,9H,2-3H2,1H3. The highest BCUT2D eigenvalue weighted by atomic mass is 19.4. The van der Waals surface area contributed by atoms with Crippen LogP contribution in [-0.2, 0) is 0 Å². The van der Waals surface area contributed by atoms with Crippen LogP contribution in [0.15, 0.2) is 0 Å². The molecule has 1 saturated heterocycles. The van der Waals surface area contributed by atoms with Gasteiger partial charge in [-0.1, -0.05) is 0 Å². The fourth-order valence-electron chi connectivity index (χ4n) is 1.03. The van der Waals surface area contributed by atoms with Gasteiger partial charge in [0.25, 0.3) is 0 Å². The fourth-order valence-corrected chi connectivity index (χ4v) is 1.03. The predicted octanol–water partition coefficient (Wildman–Crippen LogP) is 0.410. The number of likely N-dealkylation sites (N-methyl/N-ethyl adjacent to an activating group) is 1. The van der Waals surface area contributed by atoms with Gasteiger partial charge in [0.2, 0.25) is 0 Å². The molecule has 0 aromatic rings. The SMILES string of the molecule is CN1CCNC1C(F)(F)F. The Morgan fingerprint density at radius 1 is 1.50 bits per heavy atom. The molecule has 0 bridgehead atoms. The summed E-state index contributed by atoms with van der Waals surface area (Å²) in [5.41, 5.74) is 0. The minimum atomic E-state index is -4.13. The number of alkyl halides is 3. The Morgan fingerprint density at radius 2 is 2.10 bits per heavy atom. The van der Waals surface area contributed by atoms with Crippen molar-refractivity contribution in [2.24, 2.45) is 0 Å². The topological polar surface area (TPSA) is 15.3 Å². The van der Waals surface area contributed by atoms with E-state index in [-0.39, 0.29) is 0 Å². The van der Waals surface area contributed by atoms with E-state index in [0.29, 0.717) is 13.1 Å². The summed E-state index contributed by atoms with van der Waals surface area (Å²) in [6, 6.07) is 0. The Morgan fingerprint density at radius 3 is 2.30 bits per heavy atom. The molecule has 1 atom stereocenters. The number of halogens is 3. The molecule has 0 aromatic carbocycles. The van der Waals surface area contributed by atoms with Crippen molar-refractivity contribution < 1.29 is 13.2 Å². The van der Waals surface area contributed by atoms with Crippen LogP contribution in [0.5, 0.6) is 0 Å². The van der Waals surface area contributed by atoms with Crippen molar-refractivity contribution in [3.8, 4) is 0 Å². The minimum absolute atomic E-state index is 0.417. The highest BCUT2D eigenvalue weighted by Crippen LogP contribution is 2.23. The van der Waals surface area contributed by atoms with Gasteiger partial charge in [0.15, 0.2) is 6.17 Å². The van der Waals surface area contributed by atoms with E-state index < -0.39 is 12.3 Å². The maximum absolute atomic E-state index is 11.9. The first-order valence-corrected chi connectivity index (χ1v) is 3.02. The lowest BCUT2D eigenvalue weighted by molar-refractivity contribution is -0.178. The summed E-state index contributed by atoms with van der Waals surface area (Å²) in [6.07, 6.45) is -5.57. The van der Waals surface area contributed by atoms with Gasteiger partial charge < -0.3 is 0 Å². The highest BCUT2D eigenvalue weighted by Gasteiger charge is 2.44. The highest BCUT2D eigenvalue weighted by molar-refractivity contribution is 4.80. The fraction of sp³-hybridized carbons (Fsp3) is 1.00. The quantitative estimate of drug-likeness (QED) is 0.543. The lowest BCUT2D eigenvalue weighted by Gasteiger charge is -2.21. The lowest BCUT2D eigenvalue weighted by atomic mass is 10.5. The number of rotatable bonds is 0. The Labute approximate surface area is 57.0 Å². The van der Waals surface area contributed by atoms with Gasteiger partial charge in [0.1, 0.15) is 0 Å². The van der Waals surface area contributed by atoms with Crippen molar-refractivity contribution in [1.29, 1.82) is 0 Å². The van der Waals surface area contributed by atoms with Gasteiger partial charge in [0.05, 0.1) is 0 Å². The van der Waals surface area contributed by atoms with E-state index in [2.05, 4.69) is 5.32 Å². The molecule has 5 heteroatoms. The normalized spacial score (nSPS) is 29.4. The second kappa shape index (κ2) is 2.39. The molecule has 1 heterocycles. The molecule has 0 spiro atoms. The molecule has 0 amide bonds. The van der Waals surface area contributed by atoms with Crippen LogP contribution in [0, 0.1) is 0 Å². The zero-order valence-electron chi connectivity index (χ0n) is 5.57. The molecule has 0 aliphatic carbocycles. The Balaban J connectivity index is 2.55. The van der Waals surface area contributed by atoms with Gasteiger partial charge in [-0.2, -0.15) is 13.2 Å². The summed E-state index contributed by atoms with van der Waals surface area (Å²) in [7, 11) is 1.46. The van der Waals surface area contributed by atoms with Gasteiger partial charge in [-0.3, -0.25) is 10.2 Å². The monoisotopic (exact) mass is 154 g/mol. The Bertz CT molecular complexity index is 123. The van der Waals surface area contributed by atoms with Crippen molar-refractivity contribution in [3.05, 3.63) is 0 Å². The molecule has 60 valence electrons. The van der Waals surface area contributed by atoms with Crippen LogP contribution in [0.4, 0.5) is 13.2 Å². The summed E-state index contributed by atoms with van der Waals surface area (Å²) in [5, 5.41) is 2.35. The molecule has 0 saturated carbocycles. The van der Waals surface area contributed by atoms with E-state index in [1.807, 2.05) is 0 Å². The van der Waals surface area contributed by atoms with Gasteiger partial charge in [-0.25, -0.2) is 0 Å². The number of hydrogen-bond acceptors (Lipinski definition) is 2. The number of hydrogen-bond donors (Lipinski definition) is 1. The summed E-state index contributed by atoms with van der Waals surface area (Å²) in [4.78, 5) is 1.25. The van der Waals surface area contributed by atoms with E-state index >= 15 is 0 Å². The molecule has 1 fully saturated rings. The predicted molar refractivity (Wildman–Crippen MR) is 30.5 cm³/mol.